The van der Waals surface area contributed by atoms with Gasteiger partial charge < -0.3 is 20.1 Å². The topological polar surface area (TPSA) is 44.7 Å². The highest BCUT2D eigenvalue weighted by molar-refractivity contribution is 4.98. The van der Waals surface area contributed by atoms with E-state index >= 15 is 0 Å². The number of ether oxygens (including phenoxy) is 1. The van der Waals surface area contributed by atoms with Crippen LogP contribution < -0.4 is 5.32 Å². The van der Waals surface area contributed by atoms with Crippen molar-refractivity contribution in [2.45, 2.75) is 51.0 Å². The van der Waals surface area contributed by atoms with E-state index in [1.807, 2.05) is 0 Å². The van der Waals surface area contributed by atoms with Crippen molar-refractivity contribution in [1.82, 2.24) is 10.2 Å². The predicted octanol–water partition coefficient (Wildman–Crippen LogP) is 1.88. The molecule has 1 saturated heterocycles. The molecule has 2 fully saturated rings. The molecule has 4 heteroatoms. The van der Waals surface area contributed by atoms with Crippen LogP contribution in [0.4, 0.5) is 0 Å². The summed E-state index contributed by atoms with van der Waals surface area (Å²) < 4.78 is 5.57. The summed E-state index contributed by atoms with van der Waals surface area (Å²) in [6.45, 7) is 7.55. The smallest absolute Gasteiger partial charge is 0.0616 e. The number of rotatable bonds is 8. The second-order valence-electron chi connectivity index (χ2n) is 7.07. The van der Waals surface area contributed by atoms with Crippen LogP contribution in [0.1, 0.15) is 45.4 Å². The van der Waals surface area contributed by atoms with Crippen molar-refractivity contribution < 1.29 is 9.84 Å². The first kappa shape index (κ1) is 17.2. The van der Waals surface area contributed by atoms with Gasteiger partial charge in [0, 0.05) is 18.7 Å². The molecule has 0 radical (unpaired) electrons. The van der Waals surface area contributed by atoms with Crippen LogP contribution in [0, 0.1) is 11.8 Å². The maximum atomic E-state index is 9.85. The molecular weight excluding hydrogens is 264 g/mol. The van der Waals surface area contributed by atoms with E-state index < -0.39 is 0 Å². The largest absolute Gasteiger partial charge is 0.394 e. The third kappa shape index (κ3) is 4.65. The van der Waals surface area contributed by atoms with Crippen LogP contribution in [-0.2, 0) is 4.74 Å². The van der Waals surface area contributed by atoms with Crippen LogP contribution in [0.2, 0.25) is 0 Å². The molecule has 0 aromatic carbocycles. The van der Waals surface area contributed by atoms with E-state index in [-0.39, 0.29) is 12.1 Å². The van der Waals surface area contributed by atoms with Crippen molar-refractivity contribution in [3.63, 3.8) is 0 Å². The van der Waals surface area contributed by atoms with Crippen LogP contribution in [0.3, 0.4) is 0 Å². The van der Waals surface area contributed by atoms with E-state index in [0.717, 1.165) is 39.3 Å². The highest BCUT2D eigenvalue weighted by atomic mass is 16.5. The van der Waals surface area contributed by atoms with Gasteiger partial charge in [0.05, 0.1) is 13.2 Å². The molecule has 1 saturated carbocycles. The molecule has 3 unspecified atom stereocenters. The number of hydrogen-bond donors (Lipinski definition) is 2. The minimum Gasteiger partial charge on any atom is -0.394 e. The molecular formula is C17H34N2O2. The van der Waals surface area contributed by atoms with Crippen molar-refractivity contribution in [3.8, 4) is 0 Å². The second-order valence-corrected chi connectivity index (χ2v) is 7.07. The molecule has 3 atom stereocenters. The van der Waals surface area contributed by atoms with Crippen molar-refractivity contribution in [2.24, 2.45) is 11.8 Å². The van der Waals surface area contributed by atoms with Gasteiger partial charge in [0.25, 0.3) is 0 Å². The van der Waals surface area contributed by atoms with Crippen molar-refractivity contribution in [2.75, 3.05) is 46.5 Å². The Bertz CT molecular complexity index is 295. The first-order valence-electron chi connectivity index (χ1n) is 8.82. The molecule has 2 N–H and O–H groups in total. The summed E-state index contributed by atoms with van der Waals surface area (Å²) in [6, 6.07) is 0. The van der Waals surface area contributed by atoms with Crippen LogP contribution in [0.15, 0.2) is 0 Å². The fourth-order valence-corrected chi connectivity index (χ4v) is 4.27. The lowest BCUT2D eigenvalue weighted by Gasteiger charge is -2.36. The second kappa shape index (κ2) is 8.47. The van der Waals surface area contributed by atoms with E-state index in [4.69, 9.17) is 4.74 Å². The zero-order chi connectivity index (χ0) is 15.1. The third-order valence-corrected chi connectivity index (χ3v) is 5.45. The Morgan fingerprint density at radius 2 is 2.19 bits per heavy atom. The summed E-state index contributed by atoms with van der Waals surface area (Å²) in [5.41, 5.74) is -0.0104. The molecule has 2 aliphatic rings. The lowest BCUT2D eigenvalue weighted by molar-refractivity contribution is 0.0402. The summed E-state index contributed by atoms with van der Waals surface area (Å²) in [5.74, 6) is 1.33. The van der Waals surface area contributed by atoms with Gasteiger partial charge in [-0.1, -0.05) is 13.3 Å². The number of likely N-dealkylation sites (N-methyl/N-ethyl adjacent to an activating group) is 1. The van der Waals surface area contributed by atoms with Gasteiger partial charge in [0.2, 0.25) is 0 Å². The van der Waals surface area contributed by atoms with Crippen LogP contribution >= 0.6 is 0 Å². The standard InChI is InChI=1S/C17H34N2O2/c1-3-18-17(14-20)9-4-7-16(17)8-10-19(2)12-15-6-5-11-21-13-15/h15-16,18,20H,3-14H2,1-2H3. The Morgan fingerprint density at radius 3 is 2.86 bits per heavy atom. The van der Waals surface area contributed by atoms with Crippen molar-refractivity contribution >= 4 is 0 Å². The average molecular weight is 298 g/mol. The predicted molar refractivity (Wildman–Crippen MR) is 86.5 cm³/mol. The number of aliphatic hydroxyl groups excluding tert-OH is 1. The maximum Gasteiger partial charge on any atom is 0.0616 e. The van der Waals surface area contributed by atoms with Gasteiger partial charge in [0.1, 0.15) is 0 Å². The first-order chi connectivity index (χ1) is 10.2. The van der Waals surface area contributed by atoms with Gasteiger partial charge in [-0.25, -0.2) is 0 Å². The Labute approximate surface area is 130 Å². The molecule has 1 aliphatic carbocycles. The lowest BCUT2D eigenvalue weighted by atomic mass is 9.85. The van der Waals surface area contributed by atoms with E-state index in [9.17, 15) is 5.11 Å². The molecule has 1 aliphatic heterocycles. The van der Waals surface area contributed by atoms with Crippen molar-refractivity contribution in [1.29, 1.82) is 0 Å². The zero-order valence-electron chi connectivity index (χ0n) is 13.9. The summed E-state index contributed by atoms with van der Waals surface area (Å²) in [7, 11) is 2.23. The summed E-state index contributed by atoms with van der Waals surface area (Å²) in [6.07, 6.45) is 7.35. The molecule has 0 spiro atoms. The lowest BCUT2D eigenvalue weighted by Crippen LogP contribution is -2.52. The minimum absolute atomic E-state index is 0.0104. The SMILES string of the molecule is CCNC1(CO)CCCC1CCN(C)CC1CCCOC1. The molecule has 124 valence electrons. The molecule has 2 rings (SSSR count). The third-order valence-electron chi connectivity index (χ3n) is 5.45. The molecule has 1 heterocycles. The Kier molecular flexibility index (Phi) is 6.93. The van der Waals surface area contributed by atoms with E-state index in [0.29, 0.717) is 11.8 Å². The van der Waals surface area contributed by atoms with Gasteiger partial charge >= 0.3 is 0 Å². The van der Waals surface area contributed by atoms with Gasteiger partial charge in [-0.05, 0) is 64.1 Å². The molecule has 21 heavy (non-hydrogen) atoms. The normalized spacial score (nSPS) is 33.7. The maximum absolute atomic E-state index is 9.85. The highest BCUT2D eigenvalue weighted by Crippen LogP contribution is 2.37. The number of hydrogen-bond acceptors (Lipinski definition) is 4. The minimum atomic E-state index is -0.0104. The van der Waals surface area contributed by atoms with Crippen LogP contribution in [-0.4, -0.2) is 62.0 Å². The monoisotopic (exact) mass is 298 g/mol. The Morgan fingerprint density at radius 1 is 1.33 bits per heavy atom. The summed E-state index contributed by atoms with van der Waals surface area (Å²) >= 11 is 0. The summed E-state index contributed by atoms with van der Waals surface area (Å²) in [5, 5.41) is 13.4. The first-order valence-corrected chi connectivity index (χ1v) is 8.82. The number of nitrogens with zero attached hydrogens (tertiary/aromatic N) is 1. The fraction of sp³-hybridized carbons (Fsp3) is 1.00. The quantitative estimate of drug-likeness (QED) is 0.718. The van der Waals surface area contributed by atoms with Crippen LogP contribution in [0.5, 0.6) is 0 Å². The number of aliphatic hydroxyl groups is 1. The van der Waals surface area contributed by atoms with Crippen molar-refractivity contribution in [3.05, 3.63) is 0 Å². The van der Waals surface area contributed by atoms with Gasteiger partial charge in [-0.15, -0.1) is 0 Å². The molecule has 0 aromatic heterocycles. The molecule has 0 bridgehead atoms. The molecule has 4 nitrogen and oxygen atoms in total. The van der Waals surface area contributed by atoms with Gasteiger partial charge in [0.15, 0.2) is 0 Å². The van der Waals surface area contributed by atoms with E-state index in [1.165, 1.54) is 32.1 Å². The summed E-state index contributed by atoms with van der Waals surface area (Å²) in [4.78, 5) is 2.46. The Hall–Kier alpha value is -0.160. The molecule has 0 aromatic rings. The van der Waals surface area contributed by atoms with E-state index in [1.54, 1.807) is 0 Å². The Balaban J connectivity index is 1.75. The average Bonchev–Trinajstić information content (AvgIpc) is 2.90. The van der Waals surface area contributed by atoms with Crippen LogP contribution in [0.25, 0.3) is 0 Å². The van der Waals surface area contributed by atoms with E-state index in [2.05, 4.69) is 24.2 Å². The number of nitrogens with one attached hydrogen (secondary N) is 1. The van der Waals surface area contributed by atoms with Gasteiger partial charge in [-0.2, -0.15) is 0 Å². The fourth-order valence-electron chi connectivity index (χ4n) is 4.27. The highest BCUT2D eigenvalue weighted by Gasteiger charge is 2.41. The zero-order valence-corrected chi connectivity index (χ0v) is 13.9. The van der Waals surface area contributed by atoms with Gasteiger partial charge in [-0.3, -0.25) is 0 Å². The molecule has 0 amide bonds.